The summed E-state index contributed by atoms with van der Waals surface area (Å²) >= 11 is 0. The third-order valence-corrected chi connectivity index (χ3v) is 6.34. The molecule has 1 saturated heterocycles. The molecule has 1 amide bonds. The molecule has 5 rings (SSSR count). The summed E-state index contributed by atoms with van der Waals surface area (Å²) in [6.45, 7) is 7.99. The first kappa shape index (κ1) is 25.3. The summed E-state index contributed by atoms with van der Waals surface area (Å²) in [6, 6.07) is 22.8. The summed E-state index contributed by atoms with van der Waals surface area (Å²) in [7, 11) is 0. The van der Waals surface area contributed by atoms with Crippen molar-refractivity contribution >= 4 is 29.0 Å². The molecule has 2 atom stereocenters. The summed E-state index contributed by atoms with van der Waals surface area (Å²) in [5.41, 5.74) is 4.60. The molecule has 1 aliphatic rings. The Balaban J connectivity index is 1.36. The van der Waals surface area contributed by atoms with E-state index in [4.69, 9.17) is 9.47 Å². The van der Waals surface area contributed by atoms with E-state index >= 15 is 0 Å². The van der Waals surface area contributed by atoms with Gasteiger partial charge in [-0.15, -0.1) is 0 Å². The highest BCUT2D eigenvalue weighted by Gasteiger charge is 2.40. The number of rotatable bonds is 5. The number of H-pyrrole nitrogens is 1. The van der Waals surface area contributed by atoms with Crippen molar-refractivity contribution in [2.24, 2.45) is 0 Å². The van der Waals surface area contributed by atoms with Crippen LogP contribution in [-0.4, -0.2) is 57.8 Å². The zero-order valence-electron chi connectivity index (χ0n) is 22.0. The molecule has 8 nitrogen and oxygen atoms in total. The molecule has 8 heteroatoms. The van der Waals surface area contributed by atoms with Gasteiger partial charge in [0.25, 0.3) is 0 Å². The quantitative estimate of drug-likeness (QED) is 0.328. The summed E-state index contributed by atoms with van der Waals surface area (Å²) in [5, 5.41) is 3.35. The first-order chi connectivity index (χ1) is 18.1. The van der Waals surface area contributed by atoms with E-state index in [0.29, 0.717) is 18.1 Å². The van der Waals surface area contributed by atoms with Crippen molar-refractivity contribution in [2.45, 2.75) is 45.4 Å². The van der Waals surface area contributed by atoms with Crippen molar-refractivity contribution in [2.75, 3.05) is 18.4 Å². The number of imidazole rings is 1. The maximum absolute atomic E-state index is 13.3. The molecule has 0 aliphatic carbocycles. The first-order valence-electron chi connectivity index (χ1n) is 12.7. The van der Waals surface area contributed by atoms with E-state index < -0.39 is 23.8 Å². The van der Waals surface area contributed by atoms with Gasteiger partial charge in [0.05, 0.1) is 29.2 Å². The molecule has 2 N–H and O–H groups in total. The van der Waals surface area contributed by atoms with E-state index in [1.165, 1.54) is 0 Å². The second-order valence-corrected chi connectivity index (χ2v) is 10.6. The molecule has 0 saturated carbocycles. The van der Waals surface area contributed by atoms with Gasteiger partial charge >= 0.3 is 12.1 Å². The minimum Gasteiger partial charge on any atom is -0.455 e. The second kappa shape index (κ2) is 10.2. The number of aromatic nitrogens is 2. The number of benzene rings is 3. The predicted octanol–water partition coefficient (Wildman–Crippen LogP) is 5.80. The molecule has 0 spiro atoms. The van der Waals surface area contributed by atoms with Crippen LogP contribution in [0.15, 0.2) is 72.8 Å². The lowest BCUT2D eigenvalue weighted by Crippen LogP contribution is -2.36. The van der Waals surface area contributed by atoms with Gasteiger partial charge < -0.3 is 24.7 Å². The van der Waals surface area contributed by atoms with Crippen LogP contribution >= 0.6 is 0 Å². The van der Waals surface area contributed by atoms with Crippen LogP contribution in [0.4, 0.5) is 10.7 Å². The SMILES string of the molecule is Cc1ccc2nc(N[C@H]3CN(C(=O)OC(C)(C)C)C[C@@H]3OC(=O)c3cccc(-c4ccccc4)c3)[nH]c2c1. The van der Waals surface area contributed by atoms with Crippen molar-refractivity contribution in [3.8, 4) is 11.1 Å². The molecule has 2 heterocycles. The van der Waals surface area contributed by atoms with E-state index in [9.17, 15) is 9.59 Å². The van der Waals surface area contributed by atoms with Crippen molar-refractivity contribution in [3.63, 3.8) is 0 Å². The van der Waals surface area contributed by atoms with Crippen LogP contribution < -0.4 is 5.32 Å². The van der Waals surface area contributed by atoms with E-state index in [1.807, 2.05) is 94.4 Å². The molecule has 0 unspecified atom stereocenters. The molecule has 0 bridgehead atoms. The molecule has 1 fully saturated rings. The highest BCUT2D eigenvalue weighted by atomic mass is 16.6. The normalized spacial score (nSPS) is 17.4. The van der Waals surface area contributed by atoms with Gasteiger partial charge in [-0.3, -0.25) is 0 Å². The largest absolute Gasteiger partial charge is 0.455 e. The number of hydrogen-bond donors (Lipinski definition) is 2. The maximum atomic E-state index is 13.3. The van der Waals surface area contributed by atoms with Crippen molar-refractivity contribution < 1.29 is 19.1 Å². The number of ether oxygens (including phenoxy) is 2. The van der Waals surface area contributed by atoms with Gasteiger partial charge in [0, 0.05) is 6.54 Å². The van der Waals surface area contributed by atoms with E-state index in [-0.39, 0.29) is 12.6 Å². The zero-order valence-corrected chi connectivity index (χ0v) is 22.0. The molecular formula is C30H32N4O4. The minimum atomic E-state index is -0.636. The number of nitrogens with zero attached hydrogens (tertiary/aromatic N) is 2. The molecule has 196 valence electrons. The van der Waals surface area contributed by atoms with Crippen molar-refractivity contribution in [1.29, 1.82) is 0 Å². The highest BCUT2D eigenvalue weighted by molar-refractivity contribution is 5.91. The number of likely N-dealkylation sites (tertiary alicyclic amines) is 1. The van der Waals surface area contributed by atoms with Gasteiger partial charge in [-0.1, -0.05) is 48.5 Å². The summed E-state index contributed by atoms with van der Waals surface area (Å²) in [4.78, 5) is 35.6. The van der Waals surface area contributed by atoms with Crippen LogP contribution in [0.2, 0.25) is 0 Å². The Kier molecular flexibility index (Phi) is 6.80. The predicted molar refractivity (Wildman–Crippen MR) is 147 cm³/mol. The fourth-order valence-electron chi connectivity index (χ4n) is 4.54. The fraction of sp³-hybridized carbons (Fsp3) is 0.300. The van der Waals surface area contributed by atoms with Crippen LogP contribution in [0.1, 0.15) is 36.7 Å². The number of nitrogens with one attached hydrogen (secondary N) is 2. The Morgan fingerprint density at radius 3 is 2.50 bits per heavy atom. The smallest absolute Gasteiger partial charge is 0.410 e. The van der Waals surface area contributed by atoms with Gasteiger partial charge in [0.1, 0.15) is 11.7 Å². The van der Waals surface area contributed by atoms with Gasteiger partial charge in [-0.2, -0.15) is 0 Å². The maximum Gasteiger partial charge on any atom is 0.410 e. The lowest BCUT2D eigenvalue weighted by Gasteiger charge is -2.24. The number of carbonyl (C=O) groups excluding carboxylic acids is 2. The Bertz CT molecular complexity index is 1460. The Morgan fingerprint density at radius 2 is 1.74 bits per heavy atom. The van der Waals surface area contributed by atoms with E-state index in [1.54, 1.807) is 11.0 Å². The molecular weight excluding hydrogens is 480 g/mol. The third kappa shape index (κ3) is 5.80. The van der Waals surface area contributed by atoms with Gasteiger partial charge in [0.15, 0.2) is 0 Å². The van der Waals surface area contributed by atoms with Crippen molar-refractivity contribution in [3.05, 3.63) is 83.9 Å². The summed E-state index contributed by atoms with van der Waals surface area (Å²) in [5.74, 6) is 0.0969. The number of carbonyl (C=O) groups is 2. The van der Waals surface area contributed by atoms with Crippen LogP contribution in [-0.2, 0) is 9.47 Å². The highest BCUT2D eigenvalue weighted by Crippen LogP contribution is 2.25. The lowest BCUT2D eigenvalue weighted by atomic mass is 10.0. The van der Waals surface area contributed by atoms with Crippen LogP contribution in [0.5, 0.6) is 0 Å². The number of esters is 1. The van der Waals surface area contributed by atoms with Crippen LogP contribution in [0, 0.1) is 6.92 Å². The first-order valence-corrected chi connectivity index (χ1v) is 12.7. The number of aromatic amines is 1. The lowest BCUT2D eigenvalue weighted by molar-refractivity contribution is 0.0187. The molecule has 38 heavy (non-hydrogen) atoms. The monoisotopic (exact) mass is 512 g/mol. The summed E-state index contributed by atoms with van der Waals surface area (Å²) < 4.78 is 11.6. The van der Waals surface area contributed by atoms with Gasteiger partial charge in [-0.25, -0.2) is 14.6 Å². The number of fused-ring (bicyclic) bond motifs is 1. The van der Waals surface area contributed by atoms with Crippen LogP contribution in [0.3, 0.4) is 0 Å². The second-order valence-electron chi connectivity index (χ2n) is 10.6. The fourth-order valence-corrected chi connectivity index (χ4v) is 4.54. The van der Waals surface area contributed by atoms with Crippen molar-refractivity contribution in [1.82, 2.24) is 14.9 Å². The topological polar surface area (TPSA) is 96.6 Å². The number of hydrogen-bond acceptors (Lipinski definition) is 6. The van der Waals surface area contributed by atoms with E-state index in [0.717, 1.165) is 27.7 Å². The van der Waals surface area contributed by atoms with E-state index in [2.05, 4.69) is 15.3 Å². The average Bonchev–Trinajstić information content (AvgIpc) is 3.47. The zero-order chi connectivity index (χ0) is 26.9. The molecule has 4 aromatic rings. The van der Waals surface area contributed by atoms with Gasteiger partial charge in [0.2, 0.25) is 5.95 Å². The number of amides is 1. The van der Waals surface area contributed by atoms with Gasteiger partial charge in [-0.05, 0) is 68.7 Å². The number of anilines is 1. The Hall–Kier alpha value is -4.33. The molecule has 0 radical (unpaired) electrons. The molecule has 1 aliphatic heterocycles. The standard InChI is InChI=1S/C30H32N4O4/c1-19-13-14-23-24(15-19)32-28(31-23)33-25-17-34(29(36)38-30(2,3)4)18-26(25)37-27(35)22-12-8-11-21(16-22)20-9-6-5-7-10-20/h5-16,25-26H,17-18H2,1-4H3,(H2,31,32,33)/t25-,26-/m0/s1. The number of aryl methyl sites for hydroxylation is 1. The Morgan fingerprint density at radius 1 is 0.974 bits per heavy atom. The minimum absolute atomic E-state index is 0.204. The Labute approximate surface area is 222 Å². The molecule has 3 aromatic carbocycles. The third-order valence-electron chi connectivity index (χ3n) is 6.34. The average molecular weight is 513 g/mol. The summed E-state index contributed by atoms with van der Waals surface area (Å²) in [6.07, 6.45) is -1.06. The van der Waals surface area contributed by atoms with Crippen LogP contribution in [0.25, 0.3) is 22.2 Å². The molecule has 1 aromatic heterocycles.